The predicted molar refractivity (Wildman–Crippen MR) is 82.9 cm³/mol. The van der Waals surface area contributed by atoms with E-state index in [-0.39, 0.29) is 11.8 Å². The number of hydrogen-bond acceptors (Lipinski definition) is 4. The highest BCUT2D eigenvalue weighted by atomic mass is 16.5. The number of methoxy groups -OCH3 is 2. The zero-order chi connectivity index (χ0) is 15.2. The first-order valence-electron chi connectivity index (χ1n) is 6.87. The van der Waals surface area contributed by atoms with Gasteiger partial charge in [-0.3, -0.25) is 0 Å². The van der Waals surface area contributed by atoms with Crippen molar-refractivity contribution in [2.45, 2.75) is 19.5 Å². The Labute approximate surface area is 125 Å². The van der Waals surface area contributed by atoms with Crippen LogP contribution in [0.5, 0.6) is 17.2 Å². The van der Waals surface area contributed by atoms with Crippen LogP contribution in [0.3, 0.4) is 0 Å². The van der Waals surface area contributed by atoms with Gasteiger partial charge in [0.1, 0.15) is 5.75 Å². The molecule has 0 saturated heterocycles. The maximum Gasteiger partial charge on any atom is 0.160 e. The van der Waals surface area contributed by atoms with Crippen LogP contribution in [0.15, 0.2) is 42.5 Å². The highest BCUT2D eigenvalue weighted by molar-refractivity contribution is 5.41. The zero-order valence-electron chi connectivity index (χ0n) is 12.6. The minimum Gasteiger partial charge on any atom is -0.504 e. The molecule has 0 aliphatic carbocycles. The van der Waals surface area contributed by atoms with E-state index in [1.807, 2.05) is 30.3 Å². The summed E-state index contributed by atoms with van der Waals surface area (Å²) in [7, 11) is 3.21. The molecule has 112 valence electrons. The number of phenolic OH excluding ortho intramolecular Hbond substituents is 1. The van der Waals surface area contributed by atoms with Gasteiger partial charge in [-0.25, -0.2) is 0 Å². The fourth-order valence-electron chi connectivity index (χ4n) is 2.13. The van der Waals surface area contributed by atoms with Crippen molar-refractivity contribution in [3.63, 3.8) is 0 Å². The normalized spacial score (nSPS) is 12.0. The van der Waals surface area contributed by atoms with Gasteiger partial charge in [0.15, 0.2) is 11.5 Å². The Hall–Kier alpha value is -2.20. The van der Waals surface area contributed by atoms with Gasteiger partial charge in [0.2, 0.25) is 0 Å². The second kappa shape index (κ2) is 6.99. The number of hydrogen-bond donors (Lipinski definition) is 2. The minimum absolute atomic E-state index is 0.155. The summed E-state index contributed by atoms with van der Waals surface area (Å²) in [5.41, 5.74) is 2.22. The summed E-state index contributed by atoms with van der Waals surface area (Å²) in [6, 6.07) is 13.6. The molecule has 0 aliphatic rings. The second-order valence-corrected chi connectivity index (χ2v) is 4.89. The molecular weight excluding hydrogens is 266 g/mol. The van der Waals surface area contributed by atoms with Crippen molar-refractivity contribution in [1.29, 1.82) is 0 Å². The molecule has 0 fully saturated rings. The maximum atomic E-state index is 9.59. The van der Waals surface area contributed by atoms with Gasteiger partial charge in [-0.1, -0.05) is 18.2 Å². The van der Waals surface area contributed by atoms with Crippen molar-refractivity contribution in [2.75, 3.05) is 14.2 Å². The molecule has 2 rings (SSSR count). The molecule has 4 nitrogen and oxygen atoms in total. The van der Waals surface area contributed by atoms with E-state index in [0.717, 1.165) is 11.3 Å². The lowest BCUT2D eigenvalue weighted by molar-refractivity contribution is 0.372. The molecule has 4 heteroatoms. The maximum absolute atomic E-state index is 9.59. The van der Waals surface area contributed by atoms with E-state index >= 15 is 0 Å². The largest absolute Gasteiger partial charge is 0.504 e. The topological polar surface area (TPSA) is 50.7 Å². The van der Waals surface area contributed by atoms with Crippen molar-refractivity contribution >= 4 is 0 Å². The van der Waals surface area contributed by atoms with Crippen molar-refractivity contribution in [3.8, 4) is 17.2 Å². The lowest BCUT2D eigenvalue weighted by Crippen LogP contribution is -2.18. The van der Waals surface area contributed by atoms with Crippen LogP contribution >= 0.6 is 0 Å². The van der Waals surface area contributed by atoms with Gasteiger partial charge < -0.3 is 19.9 Å². The van der Waals surface area contributed by atoms with Crippen molar-refractivity contribution < 1.29 is 14.6 Å². The fourth-order valence-corrected chi connectivity index (χ4v) is 2.13. The Morgan fingerprint density at radius 1 is 1.10 bits per heavy atom. The highest BCUT2D eigenvalue weighted by Crippen LogP contribution is 2.26. The summed E-state index contributed by atoms with van der Waals surface area (Å²) in [5, 5.41) is 13.0. The van der Waals surface area contributed by atoms with Crippen LogP contribution in [0.4, 0.5) is 0 Å². The number of nitrogens with one attached hydrogen (secondary N) is 1. The lowest BCUT2D eigenvalue weighted by atomic mass is 10.1. The highest BCUT2D eigenvalue weighted by Gasteiger charge is 2.07. The van der Waals surface area contributed by atoms with E-state index in [2.05, 4.69) is 18.3 Å². The Bertz CT molecular complexity index is 598. The smallest absolute Gasteiger partial charge is 0.160 e. The molecular formula is C17H21NO3. The van der Waals surface area contributed by atoms with Crippen LogP contribution in [0, 0.1) is 0 Å². The summed E-state index contributed by atoms with van der Waals surface area (Å²) >= 11 is 0. The van der Waals surface area contributed by atoms with Gasteiger partial charge in [-0.05, 0) is 42.3 Å². The second-order valence-electron chi connectivity index (χ2n) is 4.89. The molecule has 0 unspecified atom stereocenters. The molecule has 0 aliphatic heterocycles. The number of aromatic hydroxyl groups is 1. The van der Waals surface area contributed by atoms with E-state index in [4.69, 9.17) is 9.47 Å². The number of ether oxygens (including phenoxy) is 2. The van der Waals surface area contributed by atoms with E-state index in [1.165, 1.54) is 5.56 Å². The Balaban J connectivity index is 2.01. The lowest BCUT2D eigenvalue weighted by Gasteiger charge is -2.15. The number of phenols is 1. The van der Waals surface area contributed by atoms with Gasteiger partial charge in [0.05, 0.1) is 14.2 Å². The molecule has 1 atom stereocenters. The standard InChI is InChI=1S/C17H21NO3/c1-12(14-5-4-6-15(10-14)20-2)18-11-13-7-8-16(19)17(9-13)21-3/h4-10,12,18-19H,11H2,1-3H3/t12-/m0/s1. The molecule has 0 radical (unpaired) electrons. The van der Waals surface area contributed by atoms with Gasteiger partial charge >= 0.3 is 0 Å². The van der Waals surface area contributed by atoms with Crippen molar-refractivity contribution in [3.05, 3.63) is 53.6 Å². The van der Waals surface area contributed by atoms with Crippen molar-refractivity contribution in [1.82, 2.24) is 5.32 Å². The SMILES string of the molecule is COc1cccc([C@H](C)NCc2ccc(O)c(OC)c2)c1. The summed E-state index contributed by atoms with van der Waals surface area (Å²) in [6.07, 6.45) is 0. The molecule has 21 heavy (non-hydrogen) atoms. The monoisotopic (exact) mass is 287 g/mol. The van der Waals surface area contributed by atoms with Gasteiger partial charge in [-0.15, -0.1) is 0 Å². The third-order valence-corrected chi connectivity index (χ3v) is 3.45. The van der Waals surface area contributed by atoms with Crippen LogP contribution in [-0.4, -0.2) is 19.3 Å². The summed E-state index contributed by atoms with van der Waals surface area (Å²) < 4.78 is 10.4. The van der Waals surface area contributed by atoms with E-state index in [0.29, 0.717) is 12.3 Å². The zero-order valence-corrected chi connectivity index (χ0v) is 12.6. The molecule has 2 aromatic rings. The number of rotatable bonds is 6. The third-order valence-electron chi connectivity index (χ3n) is 3.45. The van der Waals surface area contributed by atoms with E-state index < -0.39 is 0 Å². The predicted octanol–water partition coefficient (Wildman–Crippen LogP) is 3.26. The Kier molecular flexibility index (Phi) is 5.06. The molecule has 2 aromatic carbocycles. The Morgan fingerprint density at radius 2 is 1.90 bits per heavy atom. The Morgan fingerprint density at radius 3 is 2.62 bits per heavy atom. The summed E-state index contributed by atoms with van der Waals surface area (Å²) in [6.45, 7) is 2.79. The molecule has 2 N–H and O–H groups in total. The summed E-state index contributed by atoms with van der Waals surface area (Å²) in [4.78, 5) is 0. The first kappa shape index (κ1) is 15.2. The molecule has 0 spiro atoms. The van der Waals surface area contributed by atoms with E-state index in [9.17, 15) is 5.11 Å². The third kappa shape index (κ3) is 3.89. The average Bonchev–Trinajstić information content (AvgIpc) is 2.53. The first-order chi connectivity index (χ1) is 10.1. The van der Waals surface area contributed by atoms with Crippen LogP contribution in [0.1, 0.15) is 24.1 Å². The van der Waals surface area contributed by atoms with Gasteiger partial charge in [-0.2, -0.15) is 0 Å². The first-order valence-corrected chi connectivity index (χ1v) is 6.87. The average molecular weight is 287 g/mol. The van der Waals surface area contributed by atoms with Crippen molar-refractivity contribution in [2.24, 2.45) is 0 Å². The molecule has 0 bridgehead atoms. The number of benzene rings is 2. The minimum atomic E-state index is 0.155. The van der Waals surface area contributed by atoms with Crippen LogP contribution in [0.2, 0.25) is 0 Å². The van der Waals surface area contributed by atoms with E-state index in [1.54, 1.807) is 20.3 Å². The molecule has 0 aromatic heterocycles. The van der Waals surface area contributed by atoms with Crippen LogP contribution < -0.4 is 14.8 Å². The van der Waals surface area contributed by atoms with Crippen LogP contribution in [-0.2, 0) is 6.54 Å². The summed E-state index contributed by atoms with van der Waals surface area (Å²) in [5.74, 6) is 1.50. The molecule has 0 amide bonds. The fraction of sp³-hybridized carbons (Fsp3) is 0.294. The van der Waals surface area contributed by atoms with Crippen LogP contribution in [0.25, 0.3) is 0 Å². The molecule has 0 heterocycles. The van der Waals surface area contributed by atoms with Gasteiger partial charge in [0, 0.05) is 12.6 Å². The quantitative estimate of drug-likeness (QED) is 0.856. The molecule has 0 saturated carbocycles. The van der Waals surface area contributed by atoms with Gasteiger partial charge in [0.25, 0.3) is 0 Å².